The number of likely N-dealkylation sites (tertiary alicyclic amines) is 1. The number of amides is 1. The van der Waals surface area contributed by atoms with Crippen LogP contribution in [0.5, 0.6) is 0 Å². The Labute approximate surface area is 199 Å². The summed E-state index contributed by atoms with van der Waals surface area (Å²) in [5, 5.41) is 7.12. The first kappa shape index (κ1) is 26.8. The molecule has 0 radical (unpaired) electrons. The van der Waals surface area contributed by atoms with Gasteiger partial charge in [-0.25, -0.2) is 23.5 Å². The lowest BCUT2D eigenvalue weighted by atomic mass is 10.1. The number of carbonyl (C=O) groups is 2. The SMILES string of the molecule is Cc1nc(N2C[C@H](N)[C@@H](N3CCCCC3=O)C2)cc(N2CCCC(F)(F)C2)n1.O=C(O)C(F)(F)F. The molecule has 3 aliphatic rings. The molecule has 196 valence electrons. The first-order chi connectivity index (χ1) is 16.3. The molecule has 0 spiro atoms. The summed E-state index contributed by atoms with van der Waals surface area (Å²) in [7, 11) is 0. The van der Waals surface area contributed by atoms with Crippen LogP contribution in [0.15, 0.2) is 6.07 Å². The van der Waals surface area contributed by atoms with Gasteiger partial charge in [0, 0.05) is 51.1 Å². The van der Waals surface area contributed by atoms with E-state index in [-0.39, 0.29) is 31.0 Å². The van der Waals surface area contributed by atoms with Crippen molar-refractivity contribution in [3.05, 3.63) is 11.9 Å². The van der Waals surface area contributed by atoms with Gasteiger partial charge in [-0.1, -0.05) is 0 Å². The van der Waals surface area contributed by atoms with Crippen molar-refractivity contribution in [2.24, 2.45) is 5.73 Å². The average molecular weight is 508 g/mol. The van der Waals surface area contributed by atoms with Gasteiger partial charge in [0.25, 0.3) is 5.92 Å². The highest BCUT2D eigenvalue weighted by Gasteiger charge is 2.40. The third kappa shape index (κ3) is 6.89. The molecular formula is C21H29F5N6O3. The quantitative estimate of drug-likeness (QED) is 0.597. The van der Waals surface area contributed by atoms with E-state index in [1.807, 2.05) is 4.90 Å². The number of aryl methyl sites for hydroxylation is 1. The van der Waals surface area contributed by atoms with E-state index < -0.39 is 18.1 Å². The number of rotatable bonds is 3. The van der Waals surface area contributed by atoms with Crippen molar-refractivity contribution in [1.29, 1.82) is 0 Å². The molecular weight excluding hydrogens is 479 g/mol. The van der Waals surface area contributed by atoms with Crippen molar-refractivity contribution >= 4 is 23.5 Å². The summed E-state index contributed by atoms with van der Waals surface area (Å²) < 4.78 is 59.4. The molecule has 0 unspecified atom stereocenters. The minimum atomic E-state index is -5.08. The number of anilines is 2. The minimum Gasteiger partial charge on any atom is -0.475 e. The molecule has 3 aliphatic heterocycles. The van der Waals surface area contributed by atoms with Crippen molar-refractivity contribution in [2.45, 2.75) is 63.2 Å². The first-order valence-corrected chi connectivity index (χ1v) is 11.4. The predicted octanol–water partition coefficient (Wildman–Crippen LogP) is 2.18. The molecule has 3 fully saturated rings. The number of hydrogen-bond donors (Lipinski definition) is 2. The Balaban J connectivity index is 0.000000429. The maximum Gasteiger partial charge on any atom is 0.490 e. The molecule has 4 rings (SSSR count). The topological polar surface area (TPSA) is 116 Å². The molecule has 1 amide bonds. The number of hydrogen-bond acceptors (Lipinski definition) is 7. The average Bonchev–Trinajstić information content (AvgIpc) is 3.14. The van der Waals surface area contributed by atoms with E-state index in [4.69, 9.17) is 15.6 Å². The number of carboxylic acids is 1. The van der Waals surface area contributed by atoms with Crippen LogP contribution in [0.2, 0.25) is 0 Å². The van der Waals surface area contributed by atoms with Crippen LogP contribution in [0.25, 0.3) is 0 Å². The van der Waals surface area contributed by atoms with Crippen molar-refractivity contribution in [3.8, 4) is 0 Å². The molecule has 1 aromatic heterocycles. The van der Waals surface area contributed by atoms with Crippen molar-refractivity contribution in [2.75, 3.05) is 42.5 Å². The Bertz CT molecular complexity index is 931. The van der Waals surface area contributed by atoms with Crippen molar-refractivity contribution in [1.82, 2.24) is 14.9 Å². The first-order valence-electron chi connectivity index (χ1n) is 11.4. The molecule has 14 heteroatoms. The van der Waals surface area contributed by atoms with E-state index in [9.17, 15) is 26.7 Å². The minimum absolute atomic E-state index is 0.0363. The number of nitrogens with zero attached hydrogens (tertiary/aromatic N) is 5. The van der Waals surface area contributed by atoms with Crippen molar-refractivity contribution < 1.29 is 36.6 Å². The van der Waals surface area contributed by atoms with Crippen LogP contribution < -0.4 is 15.5 Å². The van der Waals surface area contributed by atoms with Gasteiger partial charge in [0.2, 0.25) is 5.91 Å². The Morgan fingerprint density at radius 1 is 1.11 bits per heavy atom. The predicted molar refractivity (Wildman–Crippen MR) is 116 cm³/mol. The van der Waals surface area contributed by atoms with Gasteiger partial charge in [0.05, 0.1) is 12.6 Å². The maximum atomic E-state index is 13.8. The number of nitrogens with two attached hydrogens (primary N) is 1. The molecule has 1 aromatic rings. The van der Waals surface area contributed by atoms with Gasteiger partial charge in [0.15, 0.2) is 0 Å². The summed E-state index contributed by atoms with van der Waals surface area (Å²) in [6, 6.07) is 1.59. The fourth-order valence-corrected chi connectivity index (χ4v) is 4.53. The zero-order valence-electron chi connectivity index (χ0n) is 19.3. The van der Waals surface area contributed by atoms with Crippen LogP contribution in [-0.2, 0) is 9.59 Å². The number of piperidine rings is 2. The Morgan fingerprint density at radius 2 is 1.74 bits per heavy atom. The maximum absolute atomic E-state index is 13.8. The van der Waals surface area contributed by atoms with Gasteiger partial charge >= 0.3 is 12.1 Å². The molecule has 2 atom stereocenters. The van der Waals surface area contributed by atoms with E-state index >= 15 is 0 Å². The monoisotopic (exact) mass is 508 g/mol. The standard InChI is InChI=1S/C19H28F2N6O.C2HF3O2/c1-13-23-16(25-7-4-6-19(20,21)12-25)9-17(24-13)26-10-14(22)15(11-26)27-8-3-2-5-18(27)28;3-2(4,5)1(6)7/h9,14-15H,2-8,10-12,22H2,1H3;(H,6,7)/t14-,15-;/m0./s1. The molecule has 35 heavy (non-hydrogen) atoms. The Kier molecular flexibility index (Phi) is 8.02. The van der Waals surface area contributed by atoms with Crippen LogP contribution in [0.3, 0.4) is 0 Å². The van der Waals surface area contributed by atoms with Gasteiger partial charge in [0.1, 0.15) is 17.5 Å². The molecule has 3 saturated heterocycles. The van der Waals surface area contributed by atoms with Crippen LogP contribution in [0.4, 0.5) is 33.6 Å². The molecule has 0 saturated carbocycles. The number of carbonyl (C=O) groups excluding carboxylic acids is 1. The zero-order chi connectivity index (χ0) is 26.0. The van der Waals surface area contributed by atoms with Crippen LogP contribution >= 0.6 is 0 Å². The third-order valence-electron chi connectivity index (χ3n) is 6.19. The molecule has 0 aliphatic carbocycles. The van der Waals surface area contributed by atoms with Crippen LogP contribution in [-0.4, -0.2) is 88.8 Å². The lowest BCUT2D eigenvalue weighted by Gasteiger charge is -2.34. The van der Waals surface area contributed by atoms with Gasteiger partial charge in [-0.2, -0.15) is 13.2 Å². The van der Waals surface area contributed by atoms with E-state index in [0.29, 0.717) is 49.9 Å². The Morgan fingerprint density at radius 3 is 2.31 bits per heavy atom. The molecule has 9 nitrogen and oxygen atoms in total. The largest absolute Gasteiger partial charge is 0.490 e. The lowest BCUT2D eigenvalue weighted by Crippen LogP contribution is -2.51. The molecule has 0 aromatic carbocycles. The van der Waals surface area contributed by atoms with Crippen molar-refractivity contribution in [3.63, 3.8) is 0 Å². The van der Waals surface area contributed by atoms with Crippen LogP contribution in [0, 0.1) is 6.92 Å². The van der Waals surface area contributed by atoms with Gasteiger partial charge in [-0.05, 0) is 26.2 Å². The molecule has 4 heterocycles. The van der Waals surface area contributed by atoms with E-state index in [2.05, 4.69) is 14.9 Å². The number of carboxylic acid groups (broad SMARTS) is 1. The summed E-state index contributed by atoms with van der Waals surface area (Å²) >= 11 is 0. The summed E-state index contributed by atoms with van der Waals surface area (Å²) in [4.78, 5) is 35.7. The summed E-state index contributed by atoms with van der Waals surface area (Å²) in [6.45, 7) is 3.97. The second-order valence-electron chi connectivity index (χ2n) is 9.00. The highest BCUT2D eigenvalue weighted by molar-refractivity contribution is 5.77. The van der Waals surface area contributed by atoms with E-state index in [0.717, 1.165) is 19.4 Å². The number of aliphatic carboxylic acids is 1. The Hall–Kier alpha value is -2.77. The summed E-state index contributed by atoms with van der Waals surface area (Å²) in [6.07, 6.45) is -2.18. The van der Waals surface area contributed by atoms with Crippen LogP contribution in [0.1, 0.15) is 37.9 Å². The fraction of sp³-hybridized carbons (Fsp3) is 0.714. The molecule has 0 bridgehead atoms. The second kappa shape index (κ2) is 10.5. The lowest BCUT2D eigenvalue weighted by molar-refractivity contribution is -0.192. The highest BCUT2D eigenvalue weighted by atomic mass is 19.4. The third-order valence-corrected chi connectivity index (χ3v) is 6.19. The van der Waals surface area contributed by atoms with E-state index in [1.165, 1.54) is 0 Å². The zero-order valence-corrected chi connectivity index (χ0v) is 19.3. The summed E-state index contributed by atoms with van der Waals surface area (Å²) in [5.74, 6) is -3.50. The smallest absolute Gasteiger partial charge is 0.475 e. The van der Waals surface area contributed by atoms with Gasteiger partial charge in [-0.3, -0.25) is 4.79 Å². The number of aromatic nitrogens is 2. The second-order valence-corrected chi connectivity index (χ2v) is 9.00. The number of alkyl halides is 5. The van der Waals surface area contributed by atoms with Gasteiger partial charge in [-0.15, -0.1) is 0 Å². The molecule has 3 N–H and O–H groups in total. The summed E-state index contributed by atoms with van der Waals surface area (Å²) in [5.41, 5.74) is 6.37. The van der Waals surface area contributed by atoms with Gasteiger partial charge < -0.3 is 25.5 Å². The fourth-order valence-electron chi connectivity index (χ4n) is 4.53. The highest BCUT2D eigenvalue weighted by Crippen LogP contribution is 2.31. The number of halogens is 5. The van der Waals surface area contributed by atoms with E-state index in [1.54, 1.807) is 17.9 Å². The normalized spacial score (nSPS) is 24.8.